The van der Waals surface area contributed by atoms with Crippen LogP contribution in [0.15, 0.2) is 72.8 Å². The Hall–Kier alpha value is -2.67. The van der Waals surface area contributed by atoms with E-state index in [-0.39, 0.29) is 5.78 Å². The van der Waals surface area contributed by atoms with Gasteiger partial charge in [-0.05, 0) is 40.5 Å². The highest BCUT2D eigenvalue weighted by Crippen LogP contribution is 2.10. The van der Waals surface area contributed by atoms with Crippen LogP contribution in [-0.4, -0.2) is 5.78 Å². The summed E-state index contributed by atoms with van der Waals surface area (Å²) in [6.07, 6.45) is 12.5. The average molecular weight is 286 g/mol. The van der Waals surface area contributed by atoms with Gasteiger partial charge in [-0.25, -0.2) is 0 Å². The predicted molar refractivity (Wildman–Crippen MR) is 92.4 cm³/mol. The van der Waals surface area contributed by atoms with Gasteiger partial charge in [0.15, 0.2) is 5.78 Å². The van der Waals surface area contributed by atoms with Gasteiger partial charge in [-0.1, -0.05) is 78.9 Å². The molecule has 0 aromatic heterocycles. The maximum Gasteiger partial charge on any atom is 0.178 e. The molecule has 1 aliphatic rings. The molecule has 1 atom stereocenters. The zero-order chi connectivity index (χ0) is 15.2. The lowest BCUT2D eigenvalue weighted by atomic mass is 9.96. The van der Waals surface area contributed by atoms with Gasteiger partial charge in [-0.2, -0.15) is 0 Å². The summed E-state index contributed by atoms with van der Waals surface area (Å²) >= 11 is 0. The molecule has 2 aromatic carbocycles. The molecule has 0 bridgehead atoms. The van der Waals surface area contributed by atoms with E-state index in [1.807, 2.05) is 48.6 Å². The summed E-state index contributed by atoms with van der Waals surface area (Å²) in [5, 5.41) is 2.53. The lowest BCUT2D eigenvalue weighted by molar-refractivity contribution is -0.110. The molecule has 0 heterocycles. The van der Waals surface area contributed by atoms with Crippen LogP contribution in [0.1, 0.15) is 12.0 Å². The summed E-state index contributed by atoms with van der Waals surface area (Å²) in [6.45, 7) is 0. The van der Waals surface area contributed by atoms with Gasteiger partial charge in [0.05, 0.1) is 0 Å². The van der Waals surface area contributed by atoms with Crippen molar-refractivity contribution in [3.8, 4) is 0 Å². The van der Waals surface area contributed by atoms with Crippen LogP contribution in [0, 0.1) is 5.92 Å². The van der Waals surface area contributed by atoms with E-state index in [0.29, 0.717) is 5.92 Å². The molecule has 1 unspecified atom stereocenters. The molecule has 1 nitrogen and oxygen atoms in total. The third-order valence-corrected chi connectivity index (χ3v) is 3.75. The molecule has 0 saturated heterocycles. The van der Waals surface area contributed by atoms with Gasteiger partial charge in [0, 0.05) is 0 Å². The fourth-order valence-corrected chi connectivity index (χ4v) is 2.56. The quantitative estimate of drug-likeness (QED) is 0.789. The minimum Gasteiger partial charge on any atom is -0.290 e. The van der Waals surface area contributed by atoms with E-state index >= 15 is 0 Å². The van der Waals surface area contributed by atoms with E-state index in [0.717, 1.165) is 12.0 Å². The van der Waals surface area contributed by atoms with Crippen molar-refractivity contribution in [2.24, 2.45) is 5.92 Å². The first-order chi connectivity index (χ1) is 10.8. The topological polar surface area (TPSA) is 17.1 Å². The Balaban J connectivity index is 1.66. The van der Waals surface area contributed by atoms with Gasteiger partial charge in [-0.3, -0.25) is 4.79 Å². The third kappa shape index (κ3) is 3.70. The Kier molecular flexibility index (Phi) is 4.45. The number of hydrogen-bond donors (Lipinski definition) is 0. The molecule has 3 rings (SSSR count). The molecule has 0 radical (unpaired) electrons. The lowest BCUT2D eigenvalue weighted by Gasteiger charge is -2.08. The van der Waals surface area contributed by atoms with Gasteiger partial charge < -0.3 is 0 Å². The van der Waals surface area contributed by atoms with Gasteiger partial charge in [-0.15, -0.1) is 0 Å². The highest BCUT2D eigenvalue weighted by molar-refractivity contribution is 6.02. The minimum atomic E-state index is 0.0242. The first kappa shape index (κ1) is 14.3. The van der Waals surface area contributed by atoms with Crippen molar-refractivity contribution in [3.63, 3.8) is 0 Å². The van der Waals surface area contributed by atoms with Crippen molar-refractivity contribution in [3.05, 3.63) is 88.8 Å². The number of ketones is 1. The Bertz CT molecular complexity index is 826. The summed E-state index contributed by atoms with van der Waals surface area (Å²) < 4.78 is 0. The van der Waals surface area contributed by atoms with E-state index in [1.54, 1.807) is 12.2 Å². The van der Waals surface area contributed by atoms with Crippen LogP contribution in [0.5, 0.6) is 0 Å². The van der Waals surface area contributed by atoms with Crippen molar-refractivity contribution in [2.75, 3.05) is 0 Å². The number of allylic oxidation sites excluding steroid dienone is 3. The van der Waals surface area contributed by atoms with Crippen molar-refractivity contribution in [1.29, 1.82) is 0 Å². The fraction of sp³-hybridized carbons (Fsp3) is 0.0952. The van der Waals surface area contributed by atoms with Crippen LogP contribution >= 0.6 is 0 Å². The van der Waals surface area contributed by atoms with E-state index < -0.39 is 0 Å². The smallest absolute Gasteiger partial charge is 0.178 e. The monoisotopic (exact) mass is 286 g/mol. The molecule has 0 fully saturated rings. The molecule has 0 N–H and O–H groups in total. The molecule has 2 aromatic rings. The van der Waals surface area contributed by atoms with Crippen molar-refractivity contribution in [1.82, 2.24) is 0 Å². The SMILES string of the molecule is O=C(C=Cc1ccccc1)C=CC1C=c2ccccc2=CC1. The molecule has 1 aliphatic carbocycles. The second-order valence-corrected chi connectivity index (χ2v) is 5.40. The van der Waals surface area contributed by atoms with Crippen LogP contribution in [0.2, 0.25) is 0 Å². The number of carbonyl (C=O) groups excluding carboxylic acids is 1. The molecule has 22 heavy (non-hydrogen) atoms. The molecule has 0 saturated carbocycles. The van der Waals surface area contributed by atoms with E-state index in [9.17, 15) is 4.79 Å². The molecule has 0 aliphatic heterocycles. The third-order valence-electron chi connectivity index (χ3n) is 3.75. The molecule has 0 spiro atoms. The first-order valence-electron chi connectivity index (χ1n) is 7.54. The molecule has 0 amide bonds. The molecular weight excluding hydrogens is 268 g/mol. The maximum atomic E-state index is 11.9. The molecule has 108 valence electrons. The highest BCUT2D eigenvalue weighted by Gasteiger charge is 2.03. The van der Waals surface area contributed by atoms with Gasteiger partial charge in [0.1, 0.15) is 0 Å². The van der Waals surface area contributed by atoms with Gasteiger partial charge in [0.25, 0.3) is 0 Å². The van der Waals surface area contributed by atoms with Crippen LogP contribution in [0.25, 0.3) is 18.2 Å². The van der Waals surface area contributed by atoms with Crippen LogP contribution < -0.4 is 10.4 Å². The summed E-state index contributed by atoms with van der Waals surface area (Å²) in [5.41, 5.74) is 1.04. The normalized spacial score (nSPS) is 17.0. The van der Waals surface area contributed by atoms with Crippen molar-refractivity contribution in [2.45, 2.75) is 6.42 Å². The van der Waals surface area contributed by atoms with E-state index in [1.165, 1.54) is 10.4 Å². The minimum absolute atomic E-state index is 0.0242. The fourth-order valence-electron chi connectivity index (χ4n) is 2.56. The lowest BCUT2D eigenvalue weighted by Crippen LogP contribution is -2.27. The Morgan fingerprint density at radius 3 is 2.45 bits per heavy atom. The Labute approximate surface area is 130 Å². The highest BCUT2D eigenvalue weighted by atomic mass is 16.1. The largest absolute Gasteiger partial charge is 0.290 e. The maximum absolute atomic E-state index is 11.9. The number of carbonyl (C=O) groups is 1. The molecular formula is C21H18O. The van der Waals surface area contributed by atoms with Gasteiger partial charge >= 0.3 is 0 Å². The standard InChI is InChI=1S/C21H18O/c22-21(14-11-17-6-2-1-3-7-17)15-12-18-10-13-19-8-4-5-9-20(19)16-18/h1-9,11-16,18H,10H2. The summed E-state index contributed by atoms with van der Waals surface area (Å²) in [7, 11) is 0. The number of fused-ring (bicyclic) bond motifs is 1. The second-order valence-electron chi connectivity index (χ2n) is 5.40. The number of hydrogen-bond acceptors (Lipinski definition) is 1. The zero-order valence-electron chi connectivity index (χ0n) is 12.4. The second kappa shape index (κ2) is 6.86. The Morgan fingerprint density at radius 1 is 0.909 bits per heavy atom. The van der Waals surface area contributed by atoms with Crippen LogP contribution in [-0.2, 0) is 4.79 Å². The van der Waals surface area contributed by atoms with Crippen LogP contribution in [0.4, 0.5) is 0 Å². The average Bonchev–Trinajstić information content (AvgIpc) is 2.59. The zero-order valence-corrected chi connectivity index (χ0v) is 12.4. The summed E-state index contributed by atoms with van der Waals surface area (Å²) in [4.78, 5) is 11.9. The molecule has 1 heteroatoms. The van der Waals surface area contributed by atoms with E-state index in [2.05, 4.69) is 30.4 Å². The van der Waals surface area contributed by atoms with E-state index in [4.69, 9.17) is 0 Å². The predicted octanol–water partition coefficient (Wildman–Crippen LogP) is 3.11. The first-order valence-corrected chi connectivity index (χ1v) is 7.54. The van der Waals surface area contributed by atoms with Crippen molar-refractivity contribution < 1.29 is 4.79 Å². The van der Waals surface area contributed by atoms with Gasteiger partial charge in [0.2, 0.25) is 0 Å². The summed E-state index contributed by atoms with van der Waals surface area (Å²) in [5.74, 6) is 0.320. The number of rotatable bonds is 4. The number of benzene rings is 2. The van der Waals surface area contributed by atoms with Crippen LogP contribution in [0.3, 0.4) is 0 Å². The van der Waals surface area contributed by atoms with Crippen molar-refractivity contribution >= 4 is 24.0 Å². The summed E-state index contributed by atoms with van der Waals surface area (Å²) in [6, 6.07) is 18.2. The Morgan fingerprint density at radius 2 is 1.64 bits per heavy atom.